The van der Waals surface area contributed by atoms with Gasteiger partial charge in [0.25, 0.3) is 5.69 Å². The van der Waals surface area contributed by atoms with Gasteiger partial charge in [-0.1, -0.05) is 12.1 Å². The third kappa shape index (κ3) is 2.74. The van der Waals surface area contributed by atoms with Crippen molar-refractivity contribution in [2.75, 3.05) is 0 Å². The first-order valence-electron chi connectivity index (χ1n) is 5.40. The van der Waals surface area contributed by atoms with E-state index in [9.17, 15) is 15.2 Å². The lowest BCUT2D eigenvalue weighted by molar-refractivity contribution is -0.384. The van der Waals surface area contributed by atoms with Crippen molar-refractivity contribution in [3.63, 3.8) is 0 Å². The van der Waals surface area contributed by atoms with Crippen LogP contribution in [0.5, 0.6) is 5.75 Å². The van der Waals surface area contributed by atoms with E-state index in [0.29, 0.717) is 21.2 Å². The van der Waals surface area contributed by atoms with Crippen molar-refractivity contribution in [1.82, 2.24) is 0 Å². The molecule has 0 unspecified atom stereocenters. The number of halogens is 1. The Hall–Kier alpha value is -1.92. The lowest BCUT2D eigenvalue weighted by Crippen LogP contribution is -1.96. The molecule has 0 bridgehead atoms. The van der Waals surface area contributed by atoms with Gasteiger partial charge in [0, 0.05) is 10.5 Å². The van der Waals surface area contributed by atoms with E-state index in [0.717, 1.165) is 0 Å². The molecule has 0 radical (unpaired) electrons. The Morgan fingerprint density at radius 2 is 1.84 bits per heavy atom. The Morgan fingerprint density at radius 3 is 2.37 bits per heavy atom. The van der Waals surface area contributed by atoms with Gasteiger partial charge in [-0.2, -0.15) is 0 Å². The minimum atomic E-state index is -0.494. The number of aliphatic hydroxyl groups is 1. The summed E-state index contributed by atoms with van der Waals surface area (Å²) in [6.45, 7) is -0.269. The third-order valence-corrected chi connectivity index (χ3v) is 3.29. The summed E-state index contributed by atoms with van der Waals surface area (Å²) in [6, 6.07) is 9.10. The summed E-state index contributed by atoms with van der Waals surface area (Å²) in [6.07, 6.45) is 0. The maximum absolute atomic E-state index is 11.1. The molecule has 0 atom stereocenters. The number of aliphatic hydroxyl groups excluding tert-OH is 1. The highest BCUT2D eigenvalue weighted by atomic mass is 79.9. The monoisotopic (exact) mass is 323 g/mol. The van der Waals surface area contributed by atoms with Crippen molar-refractivity contribution >= 4 is 21.6 Å². The van der Waals surface area contributed by atoms with Crippen molar-refractivity contribution in [2.45, 2.75) is 6.61 Å². The maximum Gasteiger partial charge on any atom is 0.278 e. The lowest BCUT2D eigenvalue weighted by atomic mass is 10.0. The van der Waals surface area contributed by atoms with E-state index in [1.165, 1.54) is 18.2 Å². The smallest absolute Gasteiger partial charge is 0.278 e. The molecule has 2 aromatic carbocycles. The topological polar surface area (TPSA) is 83.6 Å². The maximum atomic E-state index is 11.1. The van der Waals surface area contributed by atoms with Crippen molar-refractivity contribution in [2.24, 2.45) is 0 Å². The van der Waals surface area contributed by atoms with Crippen LogP contribution in [0.4, 0.5) is 5.69 Å². The predicted molar refractivity (Wildman–Crippen MR) is 73.8 cm³/mol. The standard InChI is InChI=1S/C13H10BrNO4/c14-11-5-8(7-16)6-12(15(18)19)13(11)9-1-3-10(17)4-2-9/h1-6,16-17H,7H2. The van der Waals surface area contributed by atoms with E-state index in [4.69, 9.17) is 5.11 Å². The molecule has 0 aliphatic rings. The fourth-order valence-electron chi connectivity index (χ4n) is 1.80. The average molecular weight is 324 g/mol. The van der Waals surface area contributed by atoms with Gasteiger partial charge in [-0.25, -0.2) is 0 Å². The highest BCUT2D eigenvalue weighted by Crippen LogP contribution is 2.38. The van der Waals surface area contributed by atoms with Crippen LogP contribution < -0.4 is 0 Å². The molecule has 98 valence electrons. The molecule has 19 heavy (non-hydrogen) atoms. The lowest BCUT2D eigenvalue weighted by Gasteiger charge is -2.08. The number of rotatable bonds is 3. The Labute approximate surface area is 117 Å². The van der Waals surface area contributed by atoms with Gasteiger partial charge >= 0.3 is 0 Å². The second kappa shape index (κ2) is 5.38. The molecule has 2 N–H and O–H groups in total. The number of nitro benzene ring substituents is 1. The Morgan fingerprint density at radius 1 is 1.21 bits per heavy atom. The highest BCUT2D eigenvalue weighted by molar-refractivity contribution is 9.10. The van der Waals surface area contributed by atoms with Crippen LogP contribution in [-0.4, -0.2) is 15.1 Å². The van der Waals surface area contributed by atoms with E-state index in [2.05, 4.69) is 15.9 Å². The number of nitrogens with zero attached hydrogens (tertiary/aromatic N) is 1. The van der Waals surface area contributed by atoms with Gasteiger partial charge in [-0.15, -0.1) is 0 Å². The molecule has 0 amide bonds. The molecule has 0 spiro atoms. The molecule has 6 heteroatoms. The van der Waals surface area contributed by atoms with Crippen LogP contribution in [-0.2, 0) is 6.61 Å². The second-order valence-electron chi connectivity index (χ2n) is 3.93. The quantitative estimate of drug-likeness (QED) is 0.671. The zero-order valence-corrected chi connectivity index (χ0v) is 11.3. The number of hydrogen-bond donors (Lipinski definition) is 2. The van der Waals surface area contributed by atoms with Gasteiger partial charge in [0.2, 0.25) is 0 Å². The average Bonchev–Trinajstić information content (AvgIpc) is 2.39. The Balaban J connectivity index is 2.67. The van der Waals surface area contributed by atoms with Gasteiger partial charge in [0.05, 0.1) is 17.1 Å². The van der Waals surface area contributed by atoms with E-state index < -0.39 is 4.92 Å². The molecule has 2 aromatic rings. The zero-order chi connectivity index (χ0) is 14.0. The summed E-state index contributed by atoms with van der Waals surface area (Å²) < 4.78 is 0.524. The number of hydrogen-bond acceptors (Lipinski definition) is 4. The largest absolute Gasteiger partial charge is 0.508 e. The summed E-state index contributed by atoms with van der Waals surface area (Å²) in [5, 5.41) is 29.5. The summed E-state index contributed by atoms with van der Waals surface area (Å²) in [5.74, 6) is 0.0921. The van der Waals surface area contributed by atoms with E-state index in [1.54, 1.807) is 18.2 Å². The number of nitro groups is 1. The SMILES string of the molecule is O=[N+]([O-])c1cc(CO)cc(Br)c1-c1ccc(O)cc1. The minimum absolute atomic E-state index is 0.0921. The van der Waals surface area contributed by atoms with Crippen LogP contribution in [0.3, 0.4) is 0 Å². The van der Waals surface area contributed by atoms with Crippen molar-refractivity contribution in [3.8, 4) is 16.9 Å². The molecule has 5 nitrogen and oxygen atoms in total. The molecule has 0 aliphatic heterocycles. The van der Waals surface area contributed by atoms with E-state index >= 15 is 0 Å². The Bertz CT molecular complexity index is 625. The van der Waals surface area contributed by atoms with Crippen LogP contribution in [0, 0.1) is 10.1 Å². The Kier molecular flexibility index (Phi) is 3.82. The summed E-state index contributed by atoms with van der Waals surface area (Å²) in [4.78, 5) is 10.6. The molecule has 0 heterocycles. The second-order valence-corrected chi connectivity index (χ2v) is 4.79. The van der Waals surface area contributed by atoms with Gasteiger partial charge in [0.15, 0.2) is 0 Å². The zero-order valence-electron chi connectivity index (χ0n) is 9.71. The van der Waals surface area contributed by atoms with Gasteiger partial charge in [-0.3, -0.25) is 10.1 Å². The van der Waals surface area contributed by atoms with Gasteiger partial charge in [0.1, 0.15) is 5.75 Å². The molecule has 0 aromatic heterocycles. The minimum Gasteiger partial charge on any atom is -0.508 e. The molecular formula is C13H10BrNO4. The molecule has 0 fully saturated rings. The first-order valence-corrected chi connectivity index (χ1v) is 6.19. The van der Waals surface area contributed by atoms with Crippen LogP contribution in [0.25, 0.3) is 11.1 Å². The van der Waals surface area contributed by atoms with Crippen molar-refractivity contribution < 1.29 is 15.1 Å². The number of phenols is 1. The van der Waals surface area contributed by atoms with Crippen molar-refractivity contribution in [1.29, 1.82) is 0 Å². The fraction of sp³-hybridized carbons (Fsp3) is 0.0769. The molecule has 0 aliphatic carbocycles. The third-order valence-electron chi connectivity index (χ3n) is 2.66. The van der Waals surface area contributed by atoms with Gasteiger partial charge in [-0.05, 0) is 45.3 Å². The molecule has 0 saturated carbocycles. The van der Waals surface area contributed by atoms with E-state index in [-0.39, 0.29) is 18.0 Å². The number of benzene rings is 2. The van der Waals surface area contributed by atoms with Crippen LogP contribution in [0.2, 0.25) is 0 Å². The molecule has 2 rings (SSSR count). The van der Waals surface area contributed by atoms with Crippen LogP contribution >= 0.6 is 15.9 Å². The molecular weight excluding hydrogens is 314 g/mol. The summed E-state index contributed by atoms with van der Waals surface area (Å²) >= 11 is 3.28. The number of phenolic OH excluding ortho intramolecular Hbond substituents is 1. The highest BCUT2D eigenvalue weighted by Gasteiger charge is 2.20. The summed E-state index contributed by atoms with van der Waals surface area (Å²) in [5.41, 5.74) is 1.40. The fourth-order valence-corrected chi connectivity index (χ4v) is 2.52. The first kappa shape index (κ1) is 13.5. The van der Waals surface area contributed by atoms with E-state index in [1.807, 2.05) is 0 Å². The predicted octanol–water partition coefficient (Wildman–Crippen LogP) is 3.22. The van der Waals surface area contributed by atoms with Gasteiger partial charge < -0.3 is 10.2 Å². The molecule has 0 saturated heterocycles. The first-order chi connectivity index (χ1) is 9.02. The van der Waals surface area contributed by atoms with Crippen LogP contribution in [0.1, 0.15) is 5.56 Å². The summed E-state index contributed by atoms with van der Waals surface area (Å²) in [7, 11) is 0. The normalized spacial score (nSPS) is 10.4. The van der Waals surface area contributed by atoms with Crippen LogP contribution in [0.15, 0.2) is 40.9 Å². The number of aromatic hydroxyl groups is 1. The van der Waals surface area contributed by atoms with Crippen molar-refractivity contribution in [3.05, 3.63) is 56.5 Å².